The molecule has 1 aliphatic carbocycles. The van der Waals surface area contributed by atoms with Crippen molar-refractivity contribution in [1.82, 2.24) is 4.90 Å². The van der Waals surface area contributed by atoms with Gasteiger partial charge in [0.1, 0.15) is 5.82 Å². The zero-order valence-electron chi connectivity index (χ0n) is 12.4. The van der Waals surface area contributed by atoms with E-state index in [4.69, 9.17) is 10.5 Å². The lowest BCUT2D eigenvalue weighted by Crippen LogP contribution is -2.39. The first-order valence-corrected chi connectivity index (χ1v) is 7.37. The number of ether oxygens (including phenoxy) is 1. The predicted molar refractivity (Wildman–Crippen MR) is 79.0 cm³/mol. The summed E-state index contributed by atoms with van der Waals surface area (Å²) in [5, 5.41) is 0. The van der Waals surface area contributed by atoms with Gasteiger partial charge in [0.2, 0.25) is 0 Å². The van der Waals surface area contributed by atoms with Crippen molar-refractivity contribution in [3.05, 3.63) is 35.6 Å². The van der Waals surface area contributed by atoms with Crippen LogP contribution in [0.2, 0.25) is 0 Å². The van der Waals surface area contributed by atoms with Crippen LogP contribution in [-0.2, 0) is 4.74 Å². The molecule has 0 spiro atoms. The minimum absolute atomic E-state index is 0.124. The van der Waals surface area contributed by atoms with Crippen molar-refractivity contribution in [2.75, 3.05) is 26.8 Å². The van der Waals surface area contributed by atoms with Gasteiger partial charge in [-0.2, -0.15) is 0 Å². The third-order valence-corrected chi connectivity index (χ3v) is 3.84. The first kappa shape index (κ1) is 15.4. The maximum Gasteiger partial charge on any atom is 0.128 e. The number of hydrogen-bond donors (Lipinski definition) is 1. The van der Waals surface area contributed by atoms with Crippen LogP contribution in [0.25, 0.3) is 0 Å². The number of rotatable bonds is 8. The van der Waals surface area contributed by atoms with Crippen molar-refractivity contribution in [3.8, 4) is 0 Å². The molecule has 3 nitrogen and oxygen atoms in total. The molecule has 0 heterocycles. The van der Waals surface area contributed by atoms with Crippen molar-refractivity contribution in [1.29, 1.82) is 0 Å². The molecule has 2 rings (SSSR count). The van der Waals surface area contributed by atoms with E-state index in [0.29, 0.717) is 12.2 Å². The molecule has 2 atom stereocenters. The SMILES string of the molecule is CC(N)C(c1ccccc1F)N(C)CCOCC1CC1. The highest BCUT2D eigenvalue weighted by Crippen LogP contribution is 2.29. The van der Waals surface area contributed by atoms with Gasteiger partial charge in [-0.05, 0) is 38.8 Å². The van der Waals surface area contributed by atoms with Crippen molar-refractivity contribution in [2.24, 2.45) is 11.7 Å². The fourth-order valence-electron chi connectivity index (χ4n) is 2.52. The van der Waals surface area contributed by atoms with E-state index >= 15 is 0 Å². The smallest absolute Gasteiger partial charge is 0.128 e. The fourth-order valence-corrected chi connectivity index (χ4v) is 2.52. The summed E-state index contributed by atoms with van der Waals surface area (Å²) in [7, 11) is 1.97. The maximum atomic E-state index is 13.9. The molecule has 112 valence electrons. The molecular formula is C16H25FN2O. The predicted octanol–water partition coefficient (Wildman–Crippen LogP) is 2.57. The Morgan fingerprint density at radius 3 is 2.70 bits per heavy atom. The molecule has 1 aliphatic rings. The molecule has 0 saturated heterocycles. The number of benzene rings is 1. The molecule has 0 amide bonds. The van der Waals surface area contributed by atoms with Gasteiger partial charge < -0.3 is 10.5 Å². The Labute approximate surface area is 120 Å². The van der Waals surface area contributed by atoms with E-state index in [1.165, 1.54) is 18.9 Å². The zero-order chi connectivity index (χ0) is 14.5. The highest BCUT2D eigenvalue weighted by atomic mass is 19.1. The van der Waals surface area contributed by atoms with Crippen LogP contribution in [0.1, 0.15) is 31.4 Å². The van der Waals surface area contributed by atoms with Gasteiger partial charge in [0.25, 0.3) is 0 Å². The highest BCUT2D eigenvalue weighted by molar-refractivity contribution is 5.22. The van der Waals surface area contributed by atoms with Crippen molar-refractivity contribution < 1.29 is 9.13 Å². The van der Waals surface area contributed by atoms with Gasteiger partial charge in [0, 0.05) is 24.8 Å². The van der Waals surface area contributed by atoms with E-state index in [9.17, 15) is 4.39 Å². The summed E-state index contributed by atoms with van der Waals surface area (Å²) in [6.45, 7) is 4.20. The van der Waals surface area contributed by atoms with Gasteiger partial charge >= 0.3 is 0 Å². The van der Waals surface area contributed by atoms with Gasteiger partial charge in [0.15, 0.2) is 0 Å². The normalized spacial score (nSPS) is 18.2. The van der Waals surface area contributed by atoms with Crippen LogP contribution in [-0.4, -0.2) is 37.7 Å². The summed E-state index contributed by atoms with van der Waals surface area (Å²) in [6, 6.07) is 6.59. The van der Waals surface area contributed by atoms with Crippen molar-refractivity contribution in [3.63, 3.8) is 0 Å². The van der Waals surface area contributed by atoms with Crippen LogP contribution in [0.3, 0.4) is 0 Å². The summed E-state index contributed by atoms with van der Waals surface area (Å²) < 4.78 is 19.6. The van der Waals surface area contributed by atoms with Gasteiger partial charge in [0.05, 0.1) is 12.6 Å². The molecule has 4 heteroatoms. The molecule has 20 heavy (non-hydrogen) atoms. The average Bonchev–Trinajstić information content (AvgIpc) is 3.21. The lowest BCUT2D eigenvalue weighted by Gasteiger charge is -2.31. The van der Waals surface area contributed by atoms with Gasteiger partial charge in [-0.25, -0.2) is 4.39 Å². The summed E-state index contributed by atoms with van der Waals surface area (Å²) >= 11 is 0. The van der Waals surface area contributed by atoms with Crippen LogP contribution in [0.4, 0.5) is 4.39 Å². The number of nitrogens with two attached hydrogens (primary N) is 1. The van der Waals surface area contributed by atoms with Gasteiger partial charge in [-0.3, -0.25) is 4.90 Å². The van der Waals surface area contributed by atoms with E-state index in [2.05, 4.69) is 4.90 Å². The Kier molecular flexibility index (Phi) is 5.52. The largest absolute Gasteiger partial charge is 0.380 e. The zero-order valence-corrected chi connectivity index (χ0v) is 12.4. The Hall–Kier alpha value is -0.970. The molecule has 0 aromatic heterocycles. The van der Waals surface area contributed by atoms with Crippen LogP contribution in [0.5, 0.6) is 0 Å². The molecular weight excluding hydrogens is 255 g/mol. The van der Waals surface area contributed by atoms with E-state index in [1.54, 1.807) is 6.07 Å². The topological polar surface area (TPSA) is 38.5 Å². The third kappa shape index (κ3) is 4.27. The summed E-state index contributed by atoms with van der Waals surface area (Å²) in [5.41, 5.74) is 6.71. The van der Waals surface area contributed by atoms with Crippen molar-refractivity contribution >= 4 is 0 Å². The summed E-state index contributed by atoms with van der Waals surface area (Å²) in [6.07, 6.45) is 2.60. The average molecular weight is 280 g/mol. The van der Waals surface area contributed by atoms with Crippen LogP contribution in [0, 0.1) is 11.7 Å². The molecule has 1 aromatic carbocycles. The Balaban J connectivity index is 1.91. The number of hydrogen-bond acceptors (Lipinski definition) is 3. The molecule has 1 fully saturated rings. The van der Waals surface area contributed by atoms with Crippen LogP contribution >= 0.6 is 0 Å². The summed E-state index contributed by atoms with van der Waals surface area (Å²) in [4.78, 5) is 2.08. The monoisotopic (exact) mass is 280 g/mol. The quantitative estimate of drug-likeness (QED) is 0.744. The molecule has 2 unspecified atom stereocenters. The molecule has 1 saturated carbocycles. The first-order valence-electron chi connectivity index (χ1n) is 7.37. The Morgan fingerprint density at radius 1 is 1.40 bits per heavy atom. The van der Waals surface area contributed by atoms with E-state index in [1.807, 2.05) is 26.1 Å². The highest BCUT2D eigenvalue weighted by Gasteiger charge is 2.24. The molecule has 0 aliphatic heterocycles. The second-order valence-corrected chi connectivity index (χ2v) is 5.82. The number of likely N-dealkylation sites (N-methyl/N-ethyl adjacent to an activating group) is 1. The van der Waals surface area contributed by atoms with E-state index in [0.717, 1.165) is 19.1 Å². The molecule has 2 N–H and O–H groups in total. The minimum Gasteiger partial charge on any atom is -0.380 e. The third-order valence-electron chi connectivity index (χ3n) is 3.84. The molecule has 0 radical (unpaired) electrons. The standard InChI is InChI=1S/C16H25FN2O/c1-12(18)16(14-5-3-4-6-15(14)17)19(2)9-10-20-11-13-7-8-13/h3-6,12-13,16H,7-11,18H2,1-2H3. The van der Waals surface area contributed by atoms with E-state index in [-0.39, 0.29) is 17.9 Å². The van der Waals surface area contributed by atoms with Crippen LogP contribution in [0.15, 0.2) is 24.3 Å². The minimum atomic E-state index is -0.194. The Morgan fingerprint density at radius 2 is 2.10 bits per heavy atom. The second kappa shape index (κ2) is 7.16. The first-order chi connectivity index (χ1) is 9.59. The lowest BCUT2D eigenvalue weighted by atomic mass is 9.99. The lowest BCUT2D eigenvalue weighted by molar-refractivity contribution is 0.0868. The van der Waals surface area contributed by atoms with Gasteiger partial charge in [-0.15, -0.1) is 0 Å². The van der Waals surface area contributed by atoms with Crippen LogP contribution < -0.4 is 5.73 Å². The molecule has 0 bridgehead atoms. The van der Waals surface area contributed by atoms with E-state index < -0.39 is 0 Å². The molecule has 1 aromatic rings. The number of halogens is 1. The van der Waals surface area contributed by atoms with Gasteiger partial charge in [-0.1, -0.05) is 18.2 Å². The second-order valence-electron chi connectivity index (χ2n) is 5.82. The summed E-state index contributed by atoms with van der Waals surface area (Å²) in [5.74, 6) is 0.580. The van der Waals surface area contributed by atoms with Crippen molar-refractivity contribution in [2.45, 2.75) is 31.8 Å². The fraction of sp³-hybridized carbons (Fsp3) is 0.625. The maximum absolute atomic E-state index is 13.9. The number of nitrogens with zero attached hydrogens (tertiary/aromatic N) is 1. The Bertz CT molecular complexity index is 421.